The van der Waals surface area contributed by atoms with E-state index >= 15 is 0 Å². The number of fused-ring (bicyclic) bond motifs is 1. The van der Waals surface area contributed by atoms with Crippen LogP contribution in [0.3, 0.4) is 0 Å². The molecule has 1 aliphatic rings. The molecule has 1 aromatic heterocycles. The van der Waals surface area contributed by atoms with E-state index in [0.717, 1.165) is 25.1 Å². The van der Waals surface area contributed by atoms with Gasteiger partial charge in [-0.2, -0.15) is 0 Å². The van der Waals surface area contributed by atoms with Gasteiger partial charge in [-0.15, -0.1) is 0 Å². The van der Waals surface area contributed by atoms with Gasteiger partial charge in [0, 0.05) is 24.8 Å². The molecule has 0 radical (unpaired) electrons. The molecule has 0 saturated carbocycles. The maximum Gasteiger partial charge on any atom is 0.273 e. The van der Waals surface area contributed by atoms with Crippen LogP contribution in [0.25, 0.3) is 0 Å². The van der Waals surface area contributed by atoms with Crippen LogP contribution in [0.4, 0.5) is 0 Å². The smallest absolute Gasteiger partial charge is 0.273 e. The van der Waals surface area contributed by atoms with Gasteiger partial charge in [-0.25, -0.2) is 0 Å². The van der Waals surface area contributed by atoms with Crippen LogP contribution in [-0.2, 0) is 6.54 Å². The summed E-state index contributed by atoms with van der Waals surface area (Å²) in [5.41, 5.74) is 1.72. The number of unbranched alkanes of at least 4 members (excludes halogenated alkanes) is 3. The molecule has 3 heteroatoms. The number of aromatic nitrogens is 1. The van der Waals surface area contributed by atoms with Crippen molar-refractivity contribution in [3.05, 3.63) is 29.6 Å². The Morgan fingerprint density at radius 3 is 3.00 bits per heavy atom. The van der Waals surface area contributed by atoms with Crippen LogP contribution in [0.2, 0.25) is 0 Å². The Kier molecular flexibility index (Phi) is 3.54. The highest BCUT2D eigenvalue weighted by Gasteiger charge is 2.27. The SMILES string of the molecule is CCCCCCN1Cc2cccnc2C1=O. The summed E-state index contributed by atoms with van der Waals surface area (Å²) in [6.45, 7) is 3.81. The van der Waals surface area contributed by atoms with Crippen molar-refractivity contribution in [3.8, 4) is 0 Å². The first-order valence-corrected chi connectivity index (χ1v) is 6.06. The number of hydrogen-bond donors (Lipinski definition) is 0. The van der Waals surface area contributed by atoms with Gasteiger partial charge in [0.15, 0.2) is 0 Å². The van der Waals surface area contributed by atoms with E-state index in [0.29, 0.717) is 5.69 Å². The third-order valence-electron chi connectivity index (χ3n) is 3.02. The van der Waals surface area contributed by atoms with E-state index in [1.165, 1.54) is 19.3 Å². The third kappa shape index (κ3) is 2.23. The third-order valence-corrected chi connectivity index (χ3v) is 3.02. The van der Waals surface area contributed by atoms with Gasteiger partial charge in [-0.05, 0) is 12.5 Å². The average molecular weight is 218 g/mol. The van der Waals surface area contributed by atoms with E-state index in [4.69, 9.17) is 0 Å². The Hall–Kier alpha value is -1.38. The van der Waals surface area contributed by atoms with Crippen LogP contribution in [0.15, 0.2) is 18.3 Å². The molecule has 1 amide bonds. The van der Waals surface area contributed by atoms with Gasteiger partial charge < -0.3 is 4.90 Å². The maximum absolute atomic E-state index is 11.9. The monoisotopic (exact) mass is 218 g/mol. The van der Waals surface area contributed by atoms with Gasteiger partial charge in [0.25, 0.3) is 5.91 Å². The van der Waals surface area contributed by atoms with Gasteiger partial charge in [-0.1, -0.05) is 32.3 Å². The normalized spacial score (nSPS) is 14.3. The maximum atomic E-state index is 11.9. The molecule has 2 rings (SSSR count). The molecule has 1 aromatic rings. The molecule has 86 valence electrons. The lowest BCUT2D eigenvalue weighted by Crippen LogP contribution is -2.25. The Balaban J connectivity index is 1.89. The Morgan fingerprint density at radius 1 is 1.38 bits per heavy atom. The number of nitrogens with zero attached hydrogens (tertiary/aromatic N) is 2. The van der Waals surface area contributed by atoms with E-state index in [9.17, 15) is 4.79 Å². The fourth-order valence-electron chi connectivity index (χ4n) is 2.10. The second kappa shape index (κ2) is 5.10. The van der Waals surface area contributed by atoms with Crippen molar-refractivity contribution in [1.29, 1.82) is 0 Å². The number of hydrogen-bond acceptors (Lipinski definition) is 2. The molecule has 0 aliphatic carbocycles. The molecule has 0 aromatic carbocycles. The molecule has 3 nitrogen and oxygen atoms in total. The largest absolute Gasteiger partial charge is 0.333 e. The number of carbonyl (C=O) groups excluding carboxylic acids is 1. The molecule has 2 heterocycles. The standard InChI is InChI=1S/C13H18N2O/c1-2-3-4-5-9-15-10-11-7-6-8-14-12(11)13(15)16/h6-8H,2-5,9-10H2,1H3. The molecule has 1 aliphatic heterocycles. The summed E-state index contributed by atoms with van der Waals surface area (Å²) in [6, 6.07) is 3.89. The summed E-state index contributed by atoms with van der Waals surface area (Å²) in [7, 11) is 0. The summed E-state index contributed by atoms with van der Waals surface area (Å²) < 4.78 is 0. The highest BCUT2D eigenvalue weighted by atomic mass is 16.2. The summed E-state index contributed by atoms with van der Waals surface area (Å²) >= 11 is 0. The quantitative estimate of drug-likeness (QED) is 0.712. The van der Waals surface area contributed by atoms with Crippen molar-refractivity contribution in [2.75, 3.05) is 6.54 Å². The van der Waals surface area contributed by atoms with Crippen LogP contribution >= 0.6 is 0 Å². The van der Waals surface area contributed by atoms with Gasteiger partial charge in [0.05, 0.1) is 0 Å². The van der Waals surface area contributed by atoms with Gasteiger partial charge >= 0.3 is 0 Å². The summed E-state index contributed by atoms with van der Waals surface area (Å²) in [6.07, 6.45) is 6.50. The van der Waals surface area contributed by atoms with Crippen LogP contribution < -0.4 is 0 Å². The minimum absolute atomic E-state index is 0.104. The van der Waals surface area contributed by atoms with Crippen LogP contribution in [0, 0.1) is 0 Å². The van der Waals surface area contributed by atoms with E-state index in [-0.39, 0.29) is 5.91 Å². The zero-order chi connectivity index (χ0) is 11.4. The van der Waals surface area contributed by atoms with E-state index < -0.39 is 0 Å². The molecular formula is C13H18N2O. The van der Waals surface area contributed by atoms with Crippen molar-refractivity contribution in [2.24, 2.45) is 0 Å². The van der Waals surface area contributed by atoms with Crippen LogP contribution in [0.5, 0.6) is 0 Å². The second-order valence-electron chi connectivity index (χ2n) is 4.30. The summed E-state index contributed by atoms with van der Waals surface area (Å²) in [5, 5.41) is 0. The molecule has 0 N–H and O–H groups in total. The van der Waals surface area contributed by atoms with E-state index in [2.05, 4.69) is 11.9 Å². The lowest BCUT2D eigenvalue weighted by Gasteiger charge is -2.14. The van der Waals surface area contributed by atoms with Crippen molar-refractivity contribution in [3.63, 3.8) is 0 Å². The van der Waals surface area contributed by atoms with Gasteiger partial charge in [0.2, 0.25) is 0 Å². The van der Waals surface area contributed by atoms with E-state index in [1.54, 1.807) is 6.20 Å². The van der Waals surface area contributed by atoms with E-state index in [1.807, 2.05) is 17.0 Å². The Labute approximate surface area is 96.5 Å². The number of pyridine rings is 1. The van der Waals surface area contributed by atoms with Crippen molar-refractivity contribution < 1.29 is 4.79 Å². The molecule has 0 atom stereocenters. The molecule has 0 saturated heterocycles. The molecule has 0 fully saturated rings. The minimum atomic E-state index is 0.104. The predicted molar refractivity (Wildman–Crippen MR) is 63.1 cm³/mol. The fourth-order valence-corrected chi connectivity index (χ4v) is 2.10. The molecule has 0 bridgehead atoms. The zero-order valence-electron chi connectivity index (χ0n) is 9.78. The van der Waals surface area contributed by atoms with Gasteiger partial charge in [-0.3, -0.25) is 9.78 Å². The average Bonchev–Trinajstić information content (AvgIpc) is 2.63. The van der Waals surface area contributed by atoms with Crippen LogP contribution in [-0.4, -0.2) is 22.3 Å². The first-order chi connectivity index (χ1) is 7.83. The number of amides is 1. The first kappa shape index (κ1) is 11.1. The Morgan fingerprint density at radius 2 is 2.25 bits per heavy atom. The summed E-state index contributed by atoms with van der Waals surface area (Å²) in [5.74, 6) is 0.104. The lowest BCUT2D eigenvalue weighted by molar-refractivity contribution is 0.0771. The molecule has 0 spiro atoms. The minimum Gasteiger partial charge on any atom is -0.333 e. The van der Waals surface area contributed by atoms with Crippen molar-refractivity contribution >= 4 is 5.91 Å². The second-order valence-corrected chi connectivity index (χ2v) is 4.30. The van der Waals surface area contributed by atoms with Crippen molar-refractivity contribution in [2.45, 2.75) is 39.2 Å². The number of carbonyl (C=O) groups is 1. The lowest BCUT2D eigenvalue weighted by atomic mass is 10.2. The predicted octanol–water partition coefficient (Wildman–Crippen LogP) is 2.62. The topological polar surface area (TPSA) is 33.2 Å². The number of rotatable bonds is 5. The van der Waals surface area contributed by atoms with Crippen molar-refractivity contribution in [1.82, 2.24) is 9.88 Å². The highest BCUT2D eigenvalue weighted by Crippen LogP contribution is 2.20. The fraction of sp³-hybridized carbons (Fsp3) is 0.538. The first-order valence-electron chi connectivity index (χ1n) is 6.06. The Bertz CT molecular complexity index is 376. The van der Waals surface area contributed by atoms with Crippen LogP contribution in [0.1, 0.15) is 48.7 Å². The molecule has 16 heavy (non-hydrogen) atoms. The summed E-state index contributed by atoms with van der Waals surface area (Å²) in [4.78, 5) is 18.0. The molecular weight excluding hydrogens is 200 g/mol. The zero-order valence-corrected chi connectivity index (χ0v) is 9.78. The molecule has 0 unspecified atom stereocenters. The van der Waals surface area contributed by atoms with Gasteiger partial charge in [0.1, 0.15) is 5.69 Å². The highest BCUT2D eigenvalue weighted by molar-refractivity contribution is 5.96.